The molecule has 0 bridgehead atoms. The molecule has 0 radical (unpaired) electrons. The van der Waals surface area contributed by atoms with E-state index in [0.29, 0.717) is 19.3 Å². The highest BCUT2D eigenvalue weighted by atomic mass is 32.2. The van der Waals surface area contributed by atoms with E-state index in [0.717, 1.165) is 51.4 Å². The molecule has 1 fully saturated rings. The lowest BCUT2D eigenvalue weighted by atomic mass is 10.00. The topological polar surface area (TPSA) is 186 Å². The Hall–Kier alpha value is -3.17. The standard InChI is InChI=1S/C53H88O12S/c1-3-5-7-9-11-13-15-17-19-21-23-25-27-29-31-33-35-37-39-41-48(54)62-43-46(44-63-53-52(58)51(57)50(56)47(65-53)45-66(59,60)61)64-49(55)42-40-38-36-34-32-30-28-26-24-22-20-18-16-14-12-10-8-6-4-2/h6,8,12,14,17-20,24,26,30,32,36,38,46-47,50-53,56-58H,3-5,7,9-11,13,15-16,21-23,25,27-29,31,33-35,37,39-45H2,1-2H3,(H,59,60,61)/b8-6+,14-12+,19-17+,20-18+,26-24+,32-30+,38-36+/t46-,47-,50-,51?,52?,53+/m1/s1. The molecular formula is C53H88O12S. The van der Waals surface area contributed by atoms with Crippen molar-refractivity contribution >= 4 is 22.1 Å². The summed E-state index contributed by atoms with van der Waals surface area (Å²) in [6.07, 6.45) is 46.3. The van der Waals surface area contributed by atoms with E-state index in [1.54, 1.807) is 0 Å². The zero-order chi connectivity index (χ0) is 48.4. The second-order valence-electron chi connectivity index (χ2n) is 17.1. The fourth-order valence-electron chi connectivity index (χ4n) is 7.11. The number of esters is 2. The molecule has 66 heavy (non-hydrogen) atoms. The van der Waals surface area contributed by atoms with Crippen LogP contribution in [0.3, 0.4) is 0 Å². The summed E-state index contributed by atoms with van der Waals surface area (Å²) in [6, 6.07) is 0. The van der Waals surface area contributed by atoms with Crippen molar-refractivity contribution in [2.24, 2.45) is 0 Å². The molecule has 6 atom stereocenters. The van der Waals surface area contributed by atoms with Crippen LogP contribution in [-0.2, 0) is 38.7 Å². The molecule has 4 N–H and O–H groups in total. The predicted molar refractivity (Wildman–Crippen MR) is 265 cm³/mol. The molecule has 2 unspecified atom stereocenters. The van der Waals surface area contributed by atoms with Gasteiger partial charge in [-0.15, -0.1) is 0 Å². The normalized spacial score (nSPS) is 20.1. The second kappa shape index (κ2) is 42.0. The van der Waals surface area contributed by atoms with Crippen molar-refractivity contribution in [2.75, 3.05) is 19.0 Å². The summed E-state index contributed by atoms with van der Waals surface area (Å²) < 4.78 is 54.1. The first kappa shape index (κ1) is 60.8. The van der Waals surface area contributed by atoms with Crippen LogP contribution in [-0.4, -0.2) is 96.0 Å². The van der Waals surface area contributed by atoms with Crippen LogP contribution in [0.1, 0.15) is 181 Å². The minimum Gasteiger partial charge on any atom is -0.462 e. The number of aliphatic hydroxyl groups excluding tert-OH is 3. The maximum atomic E-state index is 12.8. The van der Waals surface area contributed by atoms with Gasteiger partial charge >= 0.3 is 11.9 Å². The summed E-state index contributed by atoms with van der Waals surface area (Å²) in [6.45, 7) is 3.59. The molecule has 0 spiro atoms. The summed E-state index contributed by atoms with van der Waals surface area (Å²) in [5.41, 5.74) is 0. The molecule has 0 amide bonds. The van der Waals surface area contributed by atoms with E-state index in [4.69, 9.17) is 18.9 Å². The SMILES string of the molecule is CC/C=C/C/C=C/C/C=C/C/C=C/C/C=C/C/C=C/CCC(=O)O[C@H](COC(=O)CCCCCCCCCCC/C=C/CCCCCCCC)CO[C@H]1O[C@H](CS(=O)(=O)O)[C@@H](O)C(O)C1O. The van der Waals surface area contributed by atoms with Crippen LogP contribution in [0.4, 0.5) is 0 Å². The number of aliphatic hydroxyl groups is 3. The average molecular weight is 949 g/mol. The van der Waals surface area contributed by atoms with Gasteiger partial charge in [-0.2, -0.15) is 8.42 Å². The van der Waals surface area contributed by atoms with Crippen molar-refractivity contribution in [3.63, 3.8) is 0 Å². The van der Waals surface area contributed by atoms with Gasteiger partial charge in [-0.3, -0.25) is 14.1 Å². The van der Waals surface area contributed by atoms with Crippen LogP contribution in [0.5, 0.6) is 0 Å². The predicted octanol–water partition coefficient (Wildman–Crippen LogP) is 11.2. The van der Waals surface area contributed by atoms with Gasteiger partial charge in [-0.25, -0.2) is 0 Å². The maximum Gasteiger partial charge on any atom is 0.306 e. The molecule has 0 saturated carbocycles. The fraction of sp³-hybridized carbons (Fsp3) is 0.698. The lowest BCUT2D eigenvalue weighted by Crippen LogP contribution is -2.60. The molecule has 12 nitrogen and oxygen atoms in total. The van der Waals surface area contributed by atoms with E-state index >= 15 is 0 Å². The minimum atomic E-state index is -4.62. The van der Waals surface area contributed by atoms with Crippen molar-refractivity contribution in [1.29, 1.82) is 0 Å². The van der Waals surface area contributed by atoms with Crippen molar-refractivity contribution in [3.8, 4) is 0 Å². The lowest BCUT2D eigenvalue weighted by molar-refractivity contribution is -0.297. The van der Waals surface area contributed by atoms with Crippen molar-refractivity contribution in [3.05, 3.63) is 85.1 Å². The highest BCUT2D eigenvalue weighted by Crippen LogP contribution is 2.24. The van der Waals surface area contributed by atoms with Gasteiger partial charge in [0.25, 0.3) is 10.1 Å². The number of allylic oxidation sites excluding steroid dienone is 14. The smallest absolute Gasteiger partial charge is 0.306 e. The average Bonchev–Trinajstić information content (AvgIpc) is 3.28. The van der Waals surface area contributed by atoms with Gasteiger partial charge in [-0.1, -0.05) is 176 Å². The van der Waals surface area contributed by atoms with Gasteiger partial charge < -0.3 is 34.3 Å². The molecule has 0 aliphatic carbocycles. The Kier molecular flexibility index (Phi) is 38.7. The van der Waals surface area contributed by atoms with E-state index in [1.165, 1.54) is 83.5 Å². The molecule has 1 aliphatic heterocycles. The van der Waals surface area contributed by atoms with Crippen LogP contribution in [0.25, 0.3) is 0 Å². The van der Waals surface area contributed by atoms with Gasteiger partial charge in [0.2, 0.25) is 0 Å². The molecule has 1 aliphatic rings. The Labute approximate surface area is 399 Å². The van der Waals surface area contributed by atoms with E-state index in [9.17, 15) is 37.9 Å². The van der Waals surface area contributed by atoms with Gasteiger partial charge in [0.15, 0.2) is 12.4 Å². The summed E-state index contributed by atoms with van der Waals surface area (Å²) in [7, 11) is -4.62. The Morgan fingerprint density at radius 2 is 0.985 bits per heavy atom. The van der Waals surface area contributed by atoms with Crippen LogP contribution in [0.2, 0.25) is 0 Å². The molecule has 1 heterocycles. The molecule has 1 saturated heterocycles. The zero-order valence-electron chi connectivity index (χ0n) is 40.5. The molecule has 13 heteroatoms. The second-order valence-corrected chi connectivity index (χ2v) is 18.6. The highest BCUT2D eigenvalue weighted by molar-refractivity contribution is 7.85. The van der Waals surface area contributed by atoms with E-state index in [2.05, 4.69) is 80.7 Å². The zero-order valence-corrected chi connectivity index (χ0v) is 41.3. The van der Waals surface area contributed by atoms with Crippen LogP contribution in [0.15, 0.2) is 85.1 Å². The molecule has 1 rings (SSSR count). The summed E-state index contributed by atoms with van der Waals surface area (Å²) >= 11 is 0. The third-order valence-corrected chi connectivity index (χ3v) is 11.7. The Balaban J connectivity index is 2.45. The van der Waals surface area contributed by atoms with Crippen molar-refractivity contribution in [1.82, 2.24) is 0 Å². The van der Waals surface area contributed by atoms with E-state index in [-0.39, 0.29) is 19.4 Å². The third kappa shape index (κ3) is 35.9. The first-order chi connectivity index (χ1) is 32.0. The molecule has 0 aromatic carbocycles. The van der Waals surface area contributed by atoms with Crippen LogP contribution < -0.4 is 0 Å². The van der Waals surface area contributed by atoms with Crippen LogP contribution in [0, 0.1) is 0 Å². The van der Waals surface area contributed by atoms with Gasteiger partial charge in [0.1, 0.15) is 36.8 Å². The quantitative estimate of drug-likeness (QED) is 0.0197. The van der Waals surface area contributed by atoms with Crippen molar-refractivity contribution < 1.29 is 56.8 Å². The van der Waals surface area contributed by atoms with Gasteiger partial charge in [0, 0.05) is 12.8 Å². The summed E-state index contributed by atoms with van der Waals surface area (Å²) in [5, 5.41) is 31.0. The largest absolute Gasteiger partial charge is 0.462 e. The lowest BCUT2D eigenvalue weighted by Gasteiger charge is -2.40. The number of hydrogen-bond acceptors (Lipinski definition) is 11. The molecule has 0 aromatic rings. The fourth-order valence-corrected chi connectivity index (χ4v) is 7.80. The highest BCUT2D eigenvalue weighted by Gasteiger charge is 2.46. The molecular weight excluding hydrogens is 861 g/mol. The number of carbonyl (C=O) groups is 2. The minimum absolute atomic E-state index is 0.0349. The third-order valence-electron chi connectivity index (χ3n) is 11.0. The first-order valence-corrected chi connectivity index (χ1v) is 26.8. The number of hydrogen-bond donors (Lipinski definition) is 4. The van der Waals surface area contributed by atoms with E-state index in [1.807, 2.05) is 18.2 Å². The Morgan fingerprint density at radius 1 is 0.530 bits per heavy atom. The van der Waals surface area contributed by atoms with Crippen LogP contribution >= 0.6 is 0 Å². The number of carbonyl (C=O) groups excluding carboxylic acids is 2. The van der Waals surface area contributed by atoms with Gasteiger partial charge in [0.05, 0.1) is 6.61 Å². The Bertz CT molecular complexity index is 1530. The Morgan fingerprint density at radius 3 is 1.48 bits per heavy atom. The van der Waals surface area contributed by atoms with Crippen molar-refractivity contribution in [2.45, 2.75) is 218 Å². The monoisotopic (exact) mass is 949 g/mol. The van der Waals surface area contributed by atoms with Gasteiger partial charge in [-0.05, 0) is 77.0 Å². The maximum absolute atomic E-state index is 12.8. The number of unbranched alkanes of at least 4 members (excludes halogenated alkanes) is 15. The number of ether oxygens (including phenoxy) is 4. The number of rotatable bonds is 41. The summed E-state index contributed by atoms with van der Waals surface area (Å²) in [4.78, 5) is 25.5. The first-order valence-electron chi connectivity index (χ1n) is 25.1. The molecule has 378 valence electrons. The summed E-state index contributed by atoms with van der Waals surface area (Å²) in [5.74, 6) is -2.10. The van der Waals surface area contributed by atoms with E-state index < -0.39 is 71.2 Å². The molecule has 0 aromatic heterocycles.